The van der Waals surface area contributed by atoms with Gasteiger partial charge in [-0.2, -0.15) is 22.0 Å². The number of para-hydroxylation sites is 1. The van der Waals surface area contributed by atoms with E-state index < -0.39 is 17.3 Å². The number of hydrogen-bond donors (Lipinski definition) is 0. The van der Waals surface area contributed by atoms with Gasteiger partial charge >= 0.3 is 12.1 Å². The average molecular weight is 358 g/mol. The highest BCUT2D eigenvalue weighted by Crippen LogP contribution is 2.38. The van der Waals surface area contributed by atoms with E-state index in [0.717, 1.165) is 0 Å². The van der Waals surface area contributed by atoms with E-state index in [1.165, 1.54) is 18.2 Å². The molecule has 0 aliphatic rings. The Hall–Kier alpha value is -2.39. The second-order valence-electron chi connectivity index (χ2n) is 4.61. The second kappa shape index (κ2) is 7.02. The first kappa shape index (κ1) is 18.0. The van der Waals surface area contributed by atoms with Crippen molar-refractivity contribution in [3.8, 4) is 11.8 Å². The van der Waals surface area contributed by atoms with Gasteiger partial charge in [-0.1, -0.05) is 53.8 Å². The quantitative estimate of drug-likeness (QED) is 0.379. The van der Waals surface area contributed by atoms with Gasteiger partial charge in [-0.25, -0.2) is 4.99 Å². The van der Waals surface area contributed by atoms with Crippen LogP contribution in [0.2, 0.25) is 0 Å². The van der Waals surface area contributed by atoms with Crippen molar-refractivity contribution in [2.24, 2.45) is 4.99 Å². The summed E-state index contributed by atoms with van der Waals surface area (Å²) >= 11 is 5.11. The molecule has 0 saturated carbocycles. The maximum atomic E-state index is 13.2. The molecular formula is C17H9ClF5N. The molecule has 24 heavy (non-hydrogen) atoms. The molecular weight excluding hydrogens is 349 g/mol. The van der Waals surface area contributed by atoms with Gasteiger partial charge in [0.25, 0.3) is 0 Å². The van der Waals surface area contributed by atoms with Gasteiger partial charge in [-0.3, -0.25) is 0 Å². The molecule has 7 heteroatoms. The van der Waals surface area contributed by atoms with E-state index in [1.807, 2.05) is 0 Å². The number of alkyl halides is 5. The van der Waals surface area contributed by atoms with Crippen LogP contribution in [0.15, 0.2) is 59.6 Å². The summed E-state index contributed by atoms with van der Waals surface area (Å²) in [6, 6.07) is 14.5. The SMILES string of the molecule is FC(F)(F)C(F)(F)C(Cl)=Nc1ccccc1C#Cc1ccccc1. The molecule has 124 valence electrons. The van der Waals surface area contributed by atoms with Crippen LogP contribution in [0.3, 0.4) is 0 Å². The van der Waals surface area contributed by atoms with Crippen LogP contribution in [0.4, 0.5) is 27.6 Å². The van der Waals surface area contributed by atoms with Gasteiger partial charge in [0, 0.05) is 5.56 Å². The lowest BCUT2D eigenvalue weighted by Crippen LogP contribution is -2.41. The minimum Gasteiger partial charge on any atom is -0.233 e. The Morgan fingerprint density at radius 2 is 1.42 bits per heavy atom. The summed E-state index contributed by atoms with van der Waals surface area (Å²) in [4.78, 5) is 3.22. The lowest BCUT2D eigenvalue weighted by atomic mass is 10.1. The monoisotopic (exact) mass is 357 g/mol. The highest BCUT2D eigenvalue weighted by Gasteiger charge is 2.61. The van der Waals surface area contributed by atoms with E-state index in [4.69, 9.17) is 11.6 Å². The highest BCUT2D eigenvalue weighted by molar-refractivity contribution is 6.67. The van der Waals surface area contributed by atoms with Gasteiger partial charge in [0.1, 0.15) is 0 Å². The Labute approximate surface area is 139 Å². The number of rotatable bonds is 2. The highest BCUT2D eigenvalue weighted by atomic mass is 35.5. The lowest BCUT2D eigenvalue weighted by Gasteiger charge is -2.17. The minimum atomic E-state index is -5.82. The fourth-order valence-corrected chi connectivity index (χ4v) is 1.83. The van der Waals surface area contributed by atoms with Crippen molar-refractivity contribution in [1.82, 2.24) is 0 Å². The Morgan fingerprint density at radius 3 is 2.04 bits per heavy atom. The number of hydrogen-bond acceptors (Lipinski definition) is 1. The van der Waals surface area contributed by atoms with E-state index in [1.54, 1.807) is 36.4 Å². The molecule has 0 N–H and O–H groups in total. The molecule has 0 bridgehead atoms. The molecule has 0 amide bonds. The zero-order valence-electron chi connectivity index (χ0n) is 11.9. The molecule has 0 radical (unpaired) electrons. The summed E-state index contributed by atoms with van der Waals surface area (Å²) in [5.74, 6) is 0.227. The number of nitrogens with zero attached hydrogens (tertiary/aromatic N) is 1. The third-order valence-electron chi connectivity index (χ3n) is 2.85. The molecule has 2 aromatic rings. The molecule has 0 atom stereocenters. The summed E-state index contributed by atoms with van der Waals surface area (Å²) in [5, 5.41) is -1.86. The van der Waals surface area contributed by atoms with Crippen molar-refractivity contribution in [3.05, 3.63) is 65.7 Å². The van der Waals surface area contributed by atoms with Gasteiger partial charge in [-0.05, 0) is 24.3 Å². The van der Waals surface area contributed by atoms with Crippen LogP contribution < -0.4 is 0 Å². The topological polar surface area (TPSA) is 12.4 Å². The molecule has 1 nitrogen and oxygen atoms in total. The van der Waals surface area contributed by atoms with Crippen molar-refractivity contribution in [2.45, 2.75) is 12.1 Å². The first-order valence-corrected chi connectivity index (χ1v) is 6.95. The molecule has 0 aromatic heterocycles. The zero-order chi connectivity index (χ0) is 17.8. The summed E-state index contributed by atoms with van der Waals surface area (Å²) < 4.78 is 63.3. The van der Waals surface area contributed by atoms with Gasteiger partial charge in [0.2, 0.25) is 0 Å². The first-order valence-electron chi connectivity index (χ1n) is 6.57. The van der Waals surface area contributed by atoms with Crippen LogP contribution in [-0.2, 0) is 0 Å². The molecule has 0 heterocycles. The Kier molecular flexibility index (Phi) is 5.25. The molecule has 0 saturated heterocycles. The molecule has 0 spiro atoms. The van der Waals surface area contributed by atoms with Crippen LogP contribution in [0.5, 0.6) is 0 Å². The van der Waals surface area contributed by atoms with E-state index in [0.29, 0.717) is 5.56 Å². The van der Waals surface area contributed by atoms with Crippen LogP contribution >= 0.6 is 11.6 Å². The van der Waals surface area contributed by atoms with E-state index in [-0.39, 0.29) is 11.3 Å². The van der Waals surface area contributed by atoms with Gasteiger partial charge in [-0.15, -0.1) is 0 Å². The Bertz CT molecular complexity index is 801. The van der Waals surface area contributed by atoms with Gasteiger partial charge in [0.15, 0.2) is 5.17 Å². The van der Waals surface area contributed by atoms with Crippen molar-refractivity contribution < 1.29 is 22.0 Å². The number of halogens is 6. The number of benzene rings is 2. The van der Waals surface area contributed by atoms with Crippen molar-refractivity contribution in [1.29, 1.82) is 0 Å². The maximum Gasteiger partial charge on any atom is 0.460 e. The van der Waals surface area contributed by atoms with Crippen LogP contribution in [0.25, 0.3) is 0 Å². The molecule has 0 aliphatic heterocycles. The van der Waals surface area contributed by atoms with E-state index in [9.17, 15) is 22.0 Å². The zero-order valence-corrected chi connectivity index (χ0v) is 12.7. The second-order valence-corrected chi connectivity index (χ2v) is 4.97. The molecule has 0 unspecified atom stereocenters. The van der Waals surface area contributed by atoms with Crippen LogP contribution in [0.1, 0.15) is 11.1 Å². The van der Waals surface area contributed by atoms with Crippen LogP contribution in [-0.4, -0.2) is 17.3 Å². The largest absolute Gasteiger partial charge is 0.460 e. The van der Waals surface area contributed by atoms with Crippen LogP contribution in [0, 0.1) is 11.8 Å². The summed E-state index contributed by atoms with van der Waals surface area (Å²) in [6.07, 6.45) is -5.82. The first-order chi connectivity index (χ1) is 11.2. The van der Waals surface area contributed by atoms with E-state index >= 15 is 0 Å². The predicted molar refractivity (Wildman–Crippen MR) is 82.8 cm³/mol. The van der Waals surface area contributed by atoms with Gasteiger partial charge < -0.3 is 0 Å². The molecule has 2 rings (SSSR count). The summed E-state index contributed by atoms with van der Waals surface area (Å²) in [5.41, 5.74) is 0.662. The molecule has 0 aliphatic carbocycles. The average Bonchev–Trinajstić information content (AvgIpc) is 2.54. The Morgan fingerprint density at radius 1 is 0.833 bits per heavy atom. The lowest BCUT2D eigenvalue weighted by molar-refractivity contribution is -0.248. The van der Waals surface area contributed by atoms with Crippen molar-refractivity contribution in [3.63, 3.8) is 0 Å². The fourth-order valence-electron chi connectivity index (χ4n) is 1.63. The molecule has 0 fully saturated rings. The predicted octanol–water partition coefficient (Wildman–Crippen LogP) is 5.55. The smallest absolute Gasteiger partial charge is 0.233 e. The third kappa shape index (κ3) is 4.12. The fraction of sp³-hybridized carbons (Fsp3) is 0.118. The molecule has 2 aromatic carbocycles. The van der Waals surface area contributed by atoms with Crippen molar-refractivity contribution in [2.75, 3.05) is 0 Å². The van der Waals surface area contributed by atoms with Gasteiger partial charge in [0.05, 0.1) is 11.3 Å². The minimum absolute atomic E-state index is 0.171. The van der Waals surface area contributed by atoms with Crippen molar-refractivity contribution >= 4 is 22.5 Å². The number of aliphatic imine (C=N–C) groups is 1. The third-order valence-corrected chi connectivity index (χ3v) is 3.17. The normalized spacial score (nSPS) is 12.5. The Balaban J connectivity index is 2.40. The van der Waals surface area contributed by atoms with E-state index in [2.05, 4.69) is 16.8 Å². The summed E-state index contributed by atoms with van der Waals surface area (Å²) in [6.45, 7) is 0. The maximum absolute atomic E-state index is 13.2. The standard InChI is InChI=1S/C17H9ClF5N/c18-15(16(19,20)17(21,22)23)24-14-9-5-4-8-13(14)11-10-12-6-2-1-3-7-12/h1-9H. The summed E-state index contributed by atoms with van der Waals surface area (Å²) in [7, 11) is 0.